The van der Waals surface area contributed by atoms with Gasteiger partial charge < -0.3 is 11.1 Å². The molecule has 100 valence electrons. The number of nitrogens with two attached hydrogens (primary N) is 1. The molecule has 0 aliphatic heterocycles. The van der Waals surface area contributed by atoms with Crippen molar-refractivity contribution < 1.29 is 0 Å². The third-order valence-electron chi connectivity index (χ3n) is 4.22. The highest BCUT2D eigenvalue weighted by molar-refractivity contribution is 6.31. The van der Waals surface area contributed by atoms with Crippen molar-refractivity contribution in [1.82, 2.24) is 0 Å². The van der Waals surface area contributed by atoms with Gasteiger partial charge in [-0.3, -0.25) is 0 Å². The molecule has 18 heavy (non-hydrogen) atoms. The van der Waals surface area contributed by atoms with Gasteiger partial charge in [0.05, 0.1) is 5.54 Å². The summed E-state index contributed by atoms with van der Waals surface area (Å²) in [6.07, 6.45) is 2.32. The van der Waals surface area contributed by atoms with Crippen LogP contribution in [0.25, 0.3) is 0 Å². The topological polar surface area (TPSA) is 38.0 Å². The average molecular weight is 267 g/mol. The van der Waals surface area contributed by atoms with Crippen LogP contribution in [0.2, 0.25) is 5.02 Å². The van der Waals surface area contributed by atoms with Crippen molar-refractivity contribution in [3.63, 3.8) is 0 Å². The summed E-state index contributed by atoms with van der Waals surface area (Å²) >= 11 is 6.15. The minimum atomic E-state index is 0.0769. The maximum atomic E-state index is 6.15. The van der Waals surface area contributed by atoms with E-state index in [0.717, 1.165) is 41.0 Å². The fourth-order valence-electron chi connectivity index (χ4n) is 2.71. The molecule has 0 amide bonds. The first kappa shape index (κ1) is 13.7. The fraction of sp³-hybridized carbons (Fsp3) is 0.600. The maximum Gasteiger partial charge on any atom is 0.0501 e. The molecule has 3 N–H and O–H groups in total. The molecule has 1 aliphatic carbocycles. The van der Waals surface area contributed by atoms with E-state index in [1.165, 1.54) is 0 Å². The number of hydrogen-bond acceptors (Lipinski definition) is 2. The number of nitrogens with one attached hydrogen (secondary N) is 1. The molecule has 0 spiro atoms. The SMILES string of the molecule is Cc1ccc(NC2(CN)CC(C(C)C)C2)cc1Cl. The van der Waals surface area contributed by atoms with Gasteiger partial charge in [-0.25, -0.2) is 0 Å². The Morgan fingerprint density at radius 2 is 2.11 bits per heavy atom. The summed E-state index contributed by atoms with van der Waals surface area (Å²) in [6, 6.07) is 6.13. The van der Waals surface area contributed by atoms with Crippen LogP contribution in [0.3, 0.4) is 0 Å². The van der Waals surface area contributed by atoms with Crippen LogP contribution < -0.4 is 11.1 Å². The summed E-state index contributed by atoms with van der Waals surface area (Å²) in [5, 5.41) is 4.40. The number of halogens is 1. The van der Waals surface area contributed by atoms with Crippen LogP contribution in [0.1, 0.15) is 32.3 Å². The molecule has 0 bridgehead atoms. The first-order chi connectivity index (χ1) is 8.46. The molecule has 1 aliphatic rings. The molecule has 0 radical (unpaired) electrons. The lowest BCUT2D eigenvalue weighted by molar-refractivity contribution is 0.130. The monoisotopic (exact) mass is 266 g/mol. The second kappa shape index (κ2) is 5.10. The zero-order valence-corrected chi connectivity index (χ0v) is 12.2. The lowest BCUT2D eigenvalue weighted by Crippen LogP contribution is -2.56. The smallest absolute Gasteiger partial charge is 0.0501 e. The molecule has 0 heterocycles. The van der Waals surface area contributed by atoms with Crippen molar-refractivity contribution in [3.8, 4) is 0 Å². The quantitative estimate of drug-likeness (QED) is 0.869. The van der Waals surface area contributed by atoms with Crippen LogP contribution >= 0.6 is 11.6 Å². The summed E-state index contributed by atoms with van der Waals surface area (Å²) in [7, 11) is 0. The normalized spacial score (nSPS) is 27.1. The Labute approximate surface area is 115 Å². The average Bonchev–Trinajstić information content (AvgIpc) is 2.27. The Morgan fingerprint density at radius 3 is 2.61 bits per heavy atom. The Bertz CT molecular complexity index is 423. The molecule has 0 unspecified atom stereocenters. The van der Waals surface area contributed by atoms with Crippen LogP contribution in [-0.4, -0.2) is 12.1 Å². The summed E-state index contributed by atoms with van der Waals surface area (Å²) in [5.41, 5.74) is 8.22. The Balaban J connectivity index is 2.06. The van der Waals surface area contributed by atoms with Gasteiger partial charge in [-0.05, 0) is 49.3 Å². The van der Waals surface area contributed by atoms with Crippen molar-refractivity contribution in [3.05, 3.63) is 28.8 Å². The molecular formula is C15H23ClN2. The van der Waals surface area contributed by atoms with Crippen LogP contribution in [0.4, 0.5) is 5.69 Å². The summed E-state index contributed by atoms with van der Waals surface area (Å²) in [4.78, 5) is 0. The first-order valence-electron chi connectivity index (χ1n) is 6.70. The van der Waals surface area contributed by atoms with E-state index in [1.54, 1.807) is 0 Å². The molecule has 2 nitrogen and oxygen atoms in total. The van der Waals surface area contributed by atoms with Gasteiger partial charge in [0.15, 0.2) is 0 Å². The summed E-state index contributed by atoms with van der Waals surface area (Å²) in [6.45, 7) is 7.27. The van der Waals surface area contributed by atoms with Crippen LogP contribution in [0.5, 0.6) is 0 Å². The number of aryl methyl sites for hydroxylation is 1. The number of benzene rings is 1. The molecule has 1 fully saturated rings. The van der Waals surface area contributed by atoms with E-state index in [0.29, 0.717) is 6.54 Å². The Hall–Kier alpha value is -0.730. The highest BCUT2D eigenvalue weighted by Gasteiger charge is 2.44. The van der Waals surface area contributed by atoms with E-state index in [4.69, 9.17) is 17.3 Å². The molecule has 1 aromatic carbocycles. The largest absolute Gasteiger partial charge is 0.378 e. The van der Waals surface area contributed by atoms with Crippen molar-refractivity contribution in [1.29, 1.82) is 0 Å². The summed E-state index contributed by atoms with van der Waals surface area (Å²) < 4.78 is 0. The van der Waals surface area contributed by atoms with Gasteiger partial charge in [-0.15, -0.1) is 0 Å². The van der Waals surface area contributed by atoms with Crippen LogP contribution in [0, 0.1) is 18.8 Å². The van der Waals surface area contributed by atoms with Gasteiger partial charge in [-0.1, -0.05) is 31.5 Å². The zero-order valence-electron chi connectivity index (χ0n) is 11.5. The predicted molar refractivity (Wildman–Crippen MR) is 79.2 cm³/mol. The second-order valence-electron chi connectivity index (χ2n) is 5.99. The van der Waals surface area contributed by atoms with Crippen LogP contribution in [-0.2, 0) is 0 Å². The van der Waals surface area contributed by atoms with E-state index in [9.17, 15) is 0 Å². The van der Waals surface area contributed by atoms with E-state index in [1.807, 2.05) is 19.1 Å². The highest BCUT2D eigenvalue weighted by Crippen LogP contribution is 2.43. The van der Waals surface area contributed by atoms with Gasteiger partial charge >= 0.3 is 0 Å². The molecule has 0 atom stereocenters. The molecular weight excluding hydrogens is 244 g/mol. The second-order valence-corrected chi connectivity index (χ2v) is 6.39. The predicted octanol–water partition coefficient (Wildman–Crippen LogP) is 3.82. The Morgan fingerprint density at radius 1 is 1.44 bits per heavy atom. The lowest BCUT2D eigenvalue weighted by Gasteiger charge is -2.50. The Kier molecular flexibility index (Phi) is 3.88. The molecule has 1 saturated carbocycles. The number of anilines is 1. The minimum Gasteiger partial charge on any atom is -0.378 e. The lowest BCUT2D eigenvalue weighted by atomic mass is 9.64. The van der Waals surface area contributed by atoms with Crippen molar-refractivity contribution in [2.45, 2.75) is 39.2 Å². The van der Waals surface area contributed by atoms with Crippen molar-refractivity contribution in [2.75, 3.05) is 11.9 Å². The van der Waals surface area contributed by atoms with Gasteiger partial charge in [0, 0.05) is 17.3 Å². The molecule has 3 heteroatoms. The zero-order chi connectivity index (χ0) is 13.3. The first-order valence-corrected chi connectivity index (χ1v) is 7.08. The molecule has 0 saturated heterocycles. The van der Waals surface area contributed by atoms with E-state index >= 15 is 0 Å². The molecule has 0 aromatic heterocycles. The molecule has 1 aromatic rings. The van der Waals surface area contributed by atoms with Gasteiger partial charge in [-0.2, -0.15) is 0 Å². The fourth-order valence-corrected chi connectivity index (χ4v) is 2.89. The van der Waals surface area contributed by atoms with E-state index in [2.05, 4.69) is 25.2 Å². The van der Waals surface area contributed by atoms with Gasteiger partial charge in [0.1, 0.15) is 0 Å². The van der Waals surface area contributed by atoms with Crippen molar-refractivity contribution >= 4 is 17.3 Å². The number of rotatable bonds is 4. The standard InChI is InChI=1S/C15H23ClN2/c1-10(2)12-7-15(8-12,9-17)18-13-5-4-11(3)14(16)6-13/h4-6,10,12,18H,7-9,17H2,1-3H3. The third kappa shape index (κ3) is 2.65. The van der Waals surface area contributed by atoms with E-state index in [-0.39, 0.29) is 5.54 Å². The van der Waals surface area contributed by atoms with Crippen LogP contribution in [0.15, 0.2) is 18.2 Å². The maximum absolute atomic E-state index is 6.15. The third-order valence-corrected chi connectivity index (χ3v) is 4.63. The van der Waals surface area contributed by atoms with Gasteiger partial charge in [0.2, 0.25) is 0 Å². The molecule has 2 rings (SSSR count). The summed E-state index contributed by atoms with van der Waals surface area (Å²) in [5.74, 6) is 1.54. The minimum absolute atomic E-state index is 0.0769. The number of hydrogen-bond donors (Lipinski definition) is 2. The highest BCUT2D eigenvalue weighted by atomic mass is 35.5. The van der Waals surface area contributed by atoms with Crippen molar-refractivity contribution in [2.24, 2.45) is 17.6 Å². The van der Waals surface area contributed by atoms with E-state index < -0.39 is 0 Å². The van der Waals surface area contributed by atoms with Gasteiger partial charge in [0.25, 0.3) is 0 Å².